The Labute approximate surface area is 164 Å². The van der Waals surface area contributed by atoms with Crippen LogP contribution in [0.15, 0.2) is 47.6 Å². The first-order valence-corrected chi connectivity index (χ1v) is 9.32. The fraction of sp³-hybridized carbons (Fsp3) is 0.350. The fourth-order valence-corrected chi connectivity index (χ4v) is 2.85. The Morgan fingerprint density at radius 1 is 1.18 bits per heavy atom. The third-order valence-electron chi connectivity index (χ3n) is 4.20. The molecule has 28 heavy (non-hydrogen) atoms. The molecule has 0 aliphatic heterocycles. The predicted octanol–water partition coefficient (Wildman–Crippen LogP) is 2.76. The van der Waals surface area contributed by atoms with Crippen LogP contribution in [-0.4, -0.2) is 47.9 Å². The first kappa shape index (κ1) is 19.5. The van der Waals surface area contributed by atoms with E-state index in [0.717, 1.165) is 36.5 Å². The maximum atomic E-state index is 5.62. The van der Waals surface area contributed by atoms with Crippen molar-refractivity contribution in [3.05, 3.63) is 48.4 Å². The average molecular weight is 382 g/mol. The van der Waals surface area contributed by atoms with Gasteiger partial charge in [0.1, 0.15) is 5.82 Å². The monoisotopic (exact) mass is 382 g/mol. The van der Waals surface area contributed by atoms with Crippen LogP contribution in [0, 0.1) is 0 Å². The summed E-state index contributed by atoms with van der Waals surface area (Å²) in [7, 11) is 3.37. The number of nitrogens with one attached hydrogen (secondary N) is 2. The Kier molecular flexibility index (Phi) is 6.67. The maximum absolute atomic E-state index is 5.62. The number of hydrogen-bond acceptors (Lipinski definition) is 5. The highest BCUT2D eigenvalue weighted by Gasteiger charge is 2.08. The van der Waals surface area contributed by atoms with Crippen LogP contribution in [0.3, 0.4) is 0 Å². The largest absolute Gasteiger partial charge is 0.493 e. The highest BCUT2D eigenvalue weighted by atomic mass is 16.5. The number of anilines is 1. The number of methoxy groups -OCH3 is 1. The molecule has 1 aromatic carbocycles. The number of ether oxygens (including phenoxy) is 2. The molecule has 0 saturated heterocycles. The Balaban J connectivity index is 1.53. The second-order valence-electron chi connectivity index (χ2n) is 6.07. The Morgan fingerprint density at radius 2 is 2.07 bits per heavy atom. The summed E-state index contributed by atoms with van der Waals surface area (Å²) in [5.74, 6) is 3.05. The van der Waals surface area contributed by atoms with Gasteiger partial charge in [-0.15, -0.1) is 10.2 Å². The number of aromatic nitrogens is 3. The summed E-state index contributed by atoms with van der Waals surface area (Å²) in [6.45, 7) is 3.28. The normalized spacial score (nSPS) is 11.5. The van der Waals surface area contributed by atoms with Crippen molar-refractivity contribution in [1.29, 1.82) is 0 Å². The third kappa shape index (κ3) is 4.70. The summed E-state index contributed by atoms with van der Waals surface area (Å²) >= 11 is 0. The quantitative estimate of drug-likeness (QED) is 0.354. The van der Waals surface area contributed by atoms with E-state index in [-0.39, 0.29) is 0 Å². The summed E-state index contributed by atoms with van der Waals surface area (Å²) in [5.41, 5.74) is 1.74. The molecule has 3 rings (SSSR count). The van der Waals surface area contributed by atoms with Crippen LogP contribution >= 0.6 is 0 Å². The van der Waals surface area contributed by atoms with Gasteiger partial charge in [0.2, 0.25) is 0 Å². The number of benzene rings is 1. The summed E-state index contributed by atoms with van der Waals surface area (Å²) in [4.78, 5) is 4.28. The second kappa shape index (κ2) is 9.59. The number of pyridine rings is 1. The van der Waals surface area contributed by atoms with Gasteiger partial charge in [-0.2, -0.15) is 0 Å². The topological polar surface area (TPSA) is 85.1 Å². The molecule has 148 valence electrons. The zero-order valence-electron chi connectivity index (χ0n) is 16.5. The van der Waals surface area contributed by atoms with E-state index in [1.807, 2.05) is 53.9 Å². The number of fused-ring (bicyclic) bond motifs is 1. The molecule has 0 saturated carbocycles. The van der Waals surface area contributed by atoms with Crippen LogP contribution in [0.2, 0.25) is 0 Å². The highest BCUT2D eigenvalue weighted by molar-refractivity contribution is 5.93. The lowest BCUT2D eigenvalue weighted by Crippen LogP contribution is -2.31. The van der Waals surface area contributed by atoms with Crippen molar-refractivity contribution in [2.45, 2.75) is 19.8 Å². The van der Waals surface area contributed by atoms with Gasteiger partial charge < -0.3 is 20.1 Å². The van der Waals surface area contributed by atoms with Crippen LogP contribution in [0.1, 0.15) is 19.2 Å². The molecule has 2 N–H and O–H groups in total. The van der Waals surface area contributed by atoms with Crippen LogP contribution in [0.4, 0.5) is 5.69 Å². The van der Waals surface area contributed by atoms with E-state index in [1.54, 1.807) is 14.2 Å². The summed E-state index contributed by atoms with van der Waals surface area (Å²) in [6, 6.07) is 11.6. The smallest absolute Gasteiger partial charge is 0.195 e. The van der Waals surface area contributed by atoms with Gasteiger partial charge in [-0.1, -0.05) is 6.07 Å². The van der Waals surface area contributed by atoms with E-state index < -0.39 is 0 Å². The van der Waals surface area contributed by atoms with Gasteiger partial charge in [-0.05, 0) is 37.6 Å². The van der Waals surface area contributed by atoms with Crippen molar-refractivity contribution in [2.75, 3.05) is 32.6 Å². The van der Waals surface area contributed by atoms with E-state index in [4.69, 9.17) is 9.47 Å². The van der Waals surface area contributed by atoms with Gasteiger partial charge in [0.25, 0.3) is 0 Å². The molecule has 2 heterocycles. The molecule has 8 nitrogen and oxygen atoms in total. The lowest BCUT2D eigenvalue weighted by Gasteiger charge is -2.14. The van der Waals surface area contributed by atoms with Crippen molar-refractivity contribution in [2.24, 2.45) is 4.99 Å². The molecule has 0 spiro atoms. The van der Waals surface area contributed by atoms with Gasteiger partial charge in [-0.25, -0.2) is 0 Å². The molecule has 0 aliphatic carbocycles. The van der Waals surface area contributed by atoms with E-state index >= 15 is 0 Å². The Bertz CT molecular complexity index is 937. The minimum Gasteiger partial charge on any atom is -0.493 e. The third-order valence-corrected chi connectivity index (χ3v) is 4.20. The molecule has 0 aliphatic rings. The number of nitrogens with zero attached hydrogens (tertiary/aromatic N) is 4. The first-order valence-electron chi connectivity index (χ1n) is 9.32. The summed E-state index contributed by atoms with van der Waals surface area (Å²) < 4.78 is 12.9. The minimum absolute atomic E-state index is 0.574. The molecule has 3 aromatic rings. The molecule has 0 amide bonds. The van der Waals surface area contributed by atoms with Gasteiger partial charge in [0.15, 0.2) is 23.1 Å². The Morgan fingerprint density at radius 3 is 2.86 bits per heavy atom. The van der Waals surface area contributed by atoms with Gasteiger partial charge in [0, 0.05) is 38.0 Å². The van der Waals surface area contributed by atoms with Gasteiger partial charge in [0.05, 0.1) is 13.7 Å². The lowest BCUT2D eigenvalue weighted by molar-refractivity contribution is 0.311. The number of hydrogen-bond donors (Lipinski definition) is 2. The van der Waals surface area contributed by atoms with E-state index in [1.165, 1.54) is 0 Å². The second-order valence-corrected chi connectivity index (χ2v) is 6.07. The molecule has 0 atom stereocenters. The molecular weight excluding hydrogens is 356 g/mol. The molecule has 2 aromatic heterocycles. The molecule has 0 fully saturated rings. The molecule has 0 radical (unpaired) electrons. The van der Waals surface area contributed by atoms with Crippen molar-refractivity contribution >= 4 is 17.3 Å². The Hall–Kier alpha value is -3.29. The number of guanidine groups is 1. The van der Waals surface area contributed by atoms with Crippen molar-refractivity contribution < 1.29 is 9.47 Å². The molecule has 0 bridgehead atoms. The molecular formula is C20H26N6O2. The standard InChI is InChI=1S/C20H26N6O2/c1-4-28-17-14-15(10-11-16(17)27-3)23-20(21-2)22-12-7-9-19-25-24-18-8-5-6-13-26(18)19/h5-6,8,10-11,13-14H,4,7,9,12H2,1-3H3,(H2,21,22,23). The lowest BCUT2D eigenvalue weighted by atomic mass is 10.2. The van der Waals surface area contributed by atoms with E-state index in [0.29, 0.717) is 24.1 Å². The van der Waals surface area contributed by atoms with E-state index in [9.17, 15) is 0 Å². The first-order chi connectivity index (χ1) is 13.7. The SMILES string of the molecule is CCOc1cc(NC(=NC)NCCCc2nnc3ccccn23)ccc1OC. The predicted molar refractivity (Wildman–Crippen MR) is 110 cm³/mol. The van der Waals surface area contributed by atoms with Crippen LogP contribution in [0.5, 0.6) is 11.5 Å². The number of aryl methyl sites for hydroxylation is 1. The average Bonchev–Trinajstić information content (AvgIpc) is 3.14. The van der Waals surface area contributed by atoms with E-state index in [2.05, 4.69) is 25.8 Å². The van der Waals surface area contributed by atoms with Crippen LogP contribution in [0.25, 0.3) is 5.65 Å². The highest BCUT2D eigenvalue weighted by Crippen LogP contribution is 2.30. The molecule has 8 heteroatoms. The van der Waals surface area contributed by atoms with Gasteiger partial charge >= 0.3 is 0 Å². The fourth-order valence-electron chi connectivity index (χ4n) is 2.85. The molecule has 0 unspecified atom stereocenters. The zero-order chi connectivity index (χ0) is 19.8. The van der Waals surface area contributed by atoms with Crippen molar-refractivity contribution in [3.8, 4) is 11.5 Å². The van der Waals surface area contributed by atoms with Crippen LogP contribution < -0.4 is 20.1 Å². The summed E-state index contributed by atoms with van der Waals surface area (Å²) in [5, 5.41) is 15.0. The van der Waals surface area contributed by atoms with Crippen LogP contribution in [-0.2, 0) is 6.42 Å². The minimum atomic E-state index is 0.574. The number of aliphatic imine (C=N–C) groups is 1. The zero-order valence-corrected chi connectivity index (χ0v) is 16.5. The van der Waals surface area contributed by atoms with Crippen molar-refractivity contribution in [1.82, 2.24) is 19.9 Å². The number of rotatable bonds is 8. The maximum Gasteiger partial charge on any atom is 0.195 e. The van der Waals surface area contributed by atoms with Crippen molar-refractivity contribution in [3.63, 3.8) is 0 Å². The van der Waals surface area contributed by atoms with Gasteiger partial charge in [-0.3, -0.25) is 9.39 Å². The summed E-state index contributed by atoms with van der Waals surface area (Å²) in [6.07, 6.45) is 3.72.